The highest BCUT2D eigenvalue weighted by Crippen LogP contribution is 2.34. The van der Waals surface area contributed by atoms with Crippen molar-refractivity contribution in [1.29, 1.82) is 0 Å². The molecule has 2 fully saturated rings. The Kier molecular flexibility index (Phi) is 6.87. The van der Waals surface area contributed by atoms with Crippen LogP contribution in [0.3, 0.4) is 0 Å². The van der Waals surface area contributed by atoms with E-state index in [1.165, 1.54) is 6.08 Å². The fourth-order valence-electron chi connectivity index (χ4n) is 5.57. The summed E-state index contributed by atoms with van der Waals surface area (Å²) >= 11 is 0. The summed E-state index contributed by atoms with van der Waals surface area (Å²) in [5.74, 6) is 8.99. The van der Waals surface area contributed by atoms with Crippen LogP contribution in [-0.4, -0.2) is 62.5 Å². The number of piperidine rings is 1. The average Bonchev–Trinajstić information content (AvgIpc) is 3.24. The number of carbonyl (C=O) groups is 1. The van der Waals surface area contributed by atoms with Gasteiger partial charge >= 0.3 is 0 Å². The molecule has 0 radical (unpaired) electrons. The second kappa shape index (κ2) is 10.8. The van der Waals surface area contributed by atoms with E-state index in [1.807, 2.05) is 60.6 Å². The molecule has 4 heterocycles. The van der Waals surface area contributed by atoms with E-state index in [0.29, 0.717) is 12.0 Å². The number of likely N-dealkylation sites (tertiary alicyclic amines) is 2. The number of hydrogen-bond donors (Lipinski definition) is 0. The van der Waals surface area contributed by atoms with Gasteiger partial charge in [-0.25, -0.2) is 9.97 Å². The molecule has 0 N–H and O–H groups in total. The van der Waals surface area contributed by atoms with Gasteiger partial charge in [0.1, 0.15) is 29.2 Å². The van der Waals surface area contributed by atoms with E-state index >= 15 is 0 Å². The monoisotopic (exact) mass is 517 g/mol. The Hall–Kier alpha value is -4.41. The van der Waals surface area contributed by atoms with E-state index in [-0.39, 0.29) is 5.91 Å². The maximum absolute atomic E-state index is 11.9. The number of para-hydroxylation sites is 1. The van der Waals surface area contributed by atoms with E-state index in [4.69, 9.17) is 4.74 Å². The summed E-state index contributed by atoms with van der Waals surface area (Å²) in [5, 5.41) is 0.983. The van der Waals surface area contributed by atoms with Gasteiger partial charge in [0.2, 0.25) is 5.91 Å². The zero-order chi connectivity index (χ0) is 26.8. The van der Waals surface area contributed by atoms with Crippen molar-refractivity contribution in [3.05, 3.63) is 85.5 Å². The molecule has 39 heavy (non-hydrogen) atoms. The molecule has 2 aliphatic rings. The zero-order valence-electron chi connectivity index (χ0n) is 22.1. The summed E-state index contributed by atoms with van der Waals surface area (Å²) < 4.78 is 8.06. The topological polar surface area (TPSA) is 63.5 Å². The summed E-state index contributed by atoms with van der Waals surface area (Å²) in [5.41, 5.74) is 3.90. The third-order valence-electron chi connectivity index (χ3n) is 7.74. The Morgan fingerprint density at radius 2 is 1.77 bits per heavy atom. The van der Waals surface area contributed by atoms with Crippen LogP contribution in [0.5, 0.6) is 11.5 Å². The quantitative estimate of drug-likeness (QED) is 0.279. The maximum Gasteiger partial charge on any atom is 0.245 e. The highest BCUT2D eigenvalue weighted by molar-refractivity contribution is 5.97. The number of fused-ring (bicyclic) bond motifs is 1. The van der Waals surface area contributed by atoms with Crippen LogP contribution in [0, 0.1) is 17.8 Å². The SMILES string of the molecule is C=CC(=O)N1CCC(N2CC(C#Cc3c(-c4ccc(Oc5ccccc5)cc4)c4cncnc4n3C)C2)CC1. The molecule has 2 saturated heterocycles. The van der Waals surface area contributed by atoms with Gasteiger partial charge < -0.3 is 14.2 Å². The lowest BCUT2D eigenvalue weighted by molar-refractivity contribution is -0.127. The van der Waals surface area contributed by atoms with E-state index in [0.717, 1.165) is 78.4 Å². The first-order valence-electron chi connectivity index (χ1n) is 13.4. The smallest absolute Gasteiger partial charge is 0.245 e. The number of aryl methyl sites for hydroxylation is 1. The number of hydrogen-bond acceptors (Lipinski definition) is 5. The van der Waals surface area contributed by atoms with Gasteiger partial charge in [0.25, 0.3) is 0 Å². The van der Waals surface area contributed by atoms with E-state index in [9.17, 15) is 4.79 Å². The van der Waals surface area contributed by atoms with Crippen LogP contribution in [-0.2, 0) is 11.8 Å². The second-order valence-electron chi connectivity index (χ2n) is 10.2. The number of benzene rings is 2. The fourth-order valence-corrected chi connectivity index (χ4v) is 5.57. The first-order chi connectivity index (χ1) is 19.1. The minimum atomic E-state index is 0.0367. The first kappa shape index (κ1) is 24.9. The highest BCUT2D eigenvalue weighted by atomic mass is 16.5. The lowest BCUT2D eigenvalue weighted by atomic mass is 9.93. The van der Waals surface area contributed by atoms with Crippen molar-refractivity contribution < 1.29 is 9.53 Å². The molecule has 4 aromatic rings. The second-order valence-corrected chi connectivity index (χ2v) is 10.2. The minimum Gasteiger partial charge on any atom is -0.457 e. The zero-order valence-corrected chi connectivity index (χ0v) is 22.1. The van der Waals surface area contributed by atoms with Gasteiger partial charge in [-0.05, 0) is 54.7 Å². The summed E-state index contributed by atoms with van der Waals surface area (Å²) in [7, 11) is 2.02. The molecule has 196 valence electrons. The Morgan fingerprint density at radius 3 is 2.49 bits per heavy atom. The summed E-state index contributed by atoms with van der Waals surface area (Å²) in [4.78, 5) is 25.1. The third-order valence-corrected chi connectivity index (χ3v) is 7.74. The molecule has 1 amide bonds. The molecule has 0 aliphatic carbocycles. The Labute approximate surface area is 228 Å². The van der Waals surface area contributed by atoms with Crippen LogP contribution in [0.25, 0.3) is 22.2 Å². The molecule has 0 atom stereocenters. The molecule has 2 aromatic carbocycles. The van der Waals surface area contributed by atoms with Crippen LogP contribution in [0.1, 0.15) is 18.5 Å². The molecular weight excluding hydrogens is 486 g/mol. The molecule has 6 rings (SSSR count). The number of rotatable bonds is 5. The van der Waals surface area contributed by atoms with Gasteiger partial charge in [-0.3, -0.25) is 9.69 Å². The average molecular weight is 518 g/mol. The predicted octanol–water partition coefficient (Wildman–Crippen LogP) is 4.89. The molecule has 0 saturated carbocycles. The van der Waals surface area contributed by atoms with E-state index < -0.39 is 0 Å². The maximum atomic E-state index is 11.9. The lowest BCUT2D eigenvalue weighted by Crippen LogP contribution is -2.55. The van der Waals surface area contributed by atoms with Crippen LogP contribution in [0.2, 0.25) is 0 Å². The van der Waals surface area contributed by atoms with Crippen LogP contribution in [0.4, 0.5) is 0 Å². The normalized spacial score (nSPS) is 16.4. The largest absolute Gasteiger partial charge is 0.457 e. The summed E-state index contributed by atoms with van der Waals surface area (Å²) in [6.45, 7) is 7.15. The lowest BCUT2D eigenvalue weighted by Gasteiger charge is -2.45. The van der Waals surface area contributed by atoms with Crippen molar-refractivity contribution in [2.75, 3.05) is 26.2 Å². The van der Waals surface area contributed by atoms with E-state index in [1.54, 1.807) is 6.33 Å². The standard InChI is InChI=1S/C32H31N5O2/c1-3-30(38)36-17-15-25(16-18-36)37-20-23(21-37)9-14-29-31(28-19-33-22-34-32(28)35(29)2)24-10-12-27(13-11-24)39-26-7-5-4-6-8-26/h3-8,10-13,19,22-23,25H,1,15-18,20-21H2,2H3. The van der Waals surface area contributed by atoms with Crippen molar-refractivity contribution >= 4 is 16.9 Å². The fraction of sp³-hybridized carbons (Fsp3) is 0.281. The van der Waals surface area contributed by atoms with Crippen molar-refractivity contribution in [2.45, 2.75) is 18.9 Å². The summed E-state index contributed by atoms with van der Waals surface area (Å²) in [6, 6.07) is 18.4. The molecular formula is C32H31N5O2. The Balaban J connectivity index is 1.19. The molecule has 0 unspecified atom stereocenters. The van der Waals surface area contributed by atoms with Gasteiger partial charge in [0.05, 0.1) is 0 Å². The van der Waals surface area contributed by atoms with Crippen LogP contribution < -0.4 is 4.74 Å². The minimum absolute atomic E-state index is 0.0367. The molecule has 7 heteroatoms. The number of aromatic nitrogens is 3. The number of amides is 1. The molecule has 2 aromatic heterocycles. The summed E-state index contributed by atoms with van der Waals surface area (Å²) in [6.07, 6.45) is 6.88. The molecule has 0 spiro atoms. The molecule has 0 bridgehead atoms. The van der Waals surface area contributed by atoms with Crippen molar-refractivity contribution in [3.8, 4) is 34.5 Å². The number of nitrogens with zero attached hydrogens (tertiary/aromatic N) is 5. The predicted molar refractivity (Wildman–Crippen MR) is 152 cm³/mol. The van der Waals surface area contributed by atoms with Crippen LogP contribution in [0.15, 0.2) is 79.8 Å². The van der Waals surface area contributed by atoms with Gasteiger partial charge in [-0.2, -0.15) is 0 Å². The van der Waals surface area contributed by atoms with Crippen molar-refractivity contribution in [3.63, 3.8) is 0 Å². The number of carbonyl (C=O) groups excluding carboxylic acids is 1. The van der Waals surface area contributed by atoms with Crippen molar-refractivity contribution in [1.82, 2.24) is 24.3 Å². The third kappa shape index (κ3) is 5.04. The van der Waals surface area contributed by atoms with Gasteiger partial charge in [-0.1, -0.05) is 42.8 Å². The van der Waals surface area contributed by atoms with Crippen molar-refractivity contribution in [2.24, 2.45) is 13.0 Å². The van der Waals surface area contributed by atoms with E-state index in [2.05, 4.69) is 50.0 Å². The van der Waals surface area contributed by atoms with Crippen LogP contribution >= 0.6 is 0 Å². The van der Waals surface area contributed by atoms with Gasteiger partial charge in [-0.15, -0.1) is 0 Å². The molecule has 2 aliphatic heterocycles. The van der Waals surface area contributed by atoms with Gasteiger partial charge in [0.15, 0.2) is 0 Å². The number of ether oxygens (including phenoxy) is 1. The first-order valence-corrected chi connectivity index (χ1v) is 13.4. The van der Waals surface area contributed by atoms with Gasteiger partial charge in [0, 0.05) is 62.3 Å². The Bertz CT molecular complexity index is 1550. The molecule has 7 nitrogen and oxygen atoms in total. The Morgan fingerprint density at radius 1 is 1.05 bits per heavy atom. The highest BCUT2D eigenvalue weighted by Gasteiger charge is 2.34.